The molecule has 1 aliphatic heterocycles. The molecule has 2 heterocycles. The number of hydrogen-bond acceptors (Lipinski definition) is 5. The van der Waals surface area contributed by atoms with Crippen LogP contribution in [0.15, 0.2) is 29.1 Å². The fourth-order valence-corrected chi connectivity index (χ4v) is 3.27. The first-order valence-electron chi connectivity index (χ1n) is 9.42. The highest BCUT2D eigenvalue weighted by atomic mass is 19.1. The van der Waals surface area contributed by atoms with Crippen LogP contribution in [0.4, 0.5) is 10.3 Å². The van der Waals surface area contributed by atoms with E-state index in [9.17, 15) is 14.0 Å². The first-order chi connectivity index (χ1) is 13.5. The van der Waals surface area contributed by atoms with Crippen LogP contribution in [0.5, 0.6) is 0 Å². The number of nitrogens with zero attached hydrogens (tertiary/aromatic N) is 2. The minimum absolute atomic E-state index is 0.126. The molecule has 28 heavy (non-hydrogen) atoms. The van der Waals surface area contributed by atoms with E-state index >= 15 is 0 Å². The number of aromatic amines is 1. The lowest BCUT2D eigenvalue weighted by Crippen LogP contribution is -2.38. The van der Waals surface area contributed by atoms with E-state index in [4.69, 9.17) is 4.74 Å². The lowest BCUT2D eigenvalue weighted by Gasteiger charge is -2.27. The van der Waals surface area contributed by atoms with E-state index in [0.717, 1.165) is 0 Å². The summed E-state index contributed by atoms with van der Waals surface area (Å²) in [6.07, 6.45) is 0.397. The second kappa shape index (κ2) is 8.97. The Kier molecular flexibility index (Phi) is 6.41. The lowest BCUT2D eigenvalue weighted by molar-refractivity contribution is -0.121. The van der Waals surface area contributed by atoms with Crippen molar-refractivity contribution in [1.82, 2.24) is 15.3 Å². The predicted molar refractivity (Wildman–Crippen MR) is 104 cm³/mol. The van der Waals surface area contributed by atoms with Crippen molar-refractivity contribution in [2.75, 3.05) is 31.2 Å². The summed E-state index contributed by atoms with van der Waals surface area (Å²) in [6, 6.07) is 5.89. The van der Waals surface area contributed by atoms with Crippen molar-refractivity contribution in [3.05, 3.63) is 57.3 Å². The quantitative estimate of drug-likeness (QED) is 0.789. The number of H-pyrrole nitrogens is 1. The van der Waals surface area contributed by atoms with Gasteiger partial charge in [0.25, 0.3) is 5.56 Å². The summed E-state index contributed by atoms with van der Waals surface area (Å²) in [4.78, 5) is 34.0. The summed E-state index contributed by atoms with van der Waals surface area (Å²) >= 11 is 0. The smallest absolute Gasteiger partial charge is 0.255 e. The van der Waals surface area contributed by atoms with Crippen molar-refractivity contribution in [3.8, 4) is 0 Å². The fourth-order valence-electron chi connectivity index (χ4n) is 3.27. The number of rotatable bonds is 6. The molecule has 7 nitrogen and oxygen atoms in total. The first kappa shape index (κ1) is 20.0. The van der Waals surface area contributed by atoms with Gasteiger partial charge in [-0.05, 0) is 26.3 Å². The van der Waals surface area contributed by atoms with Gasteiger partial charge in [0, 0.05) is 36.3 Å². The number of morpholine rings is 1. The Morgan fingerprint density at radius 1 is 1.36 bits per heavy atom. The molecule has 1 amide bonds. The van der Waals surface area contributed by atoms with Crippen molar-refractivity contribution >= 4 is 11.9 Å². The van der Waals surface area contributed by atoms with Gasteiger partial charge in [0.05, 0.1) is 19.3 Å². The Hall–Kier alpha value is -2.74. The molecule has 150 valence electrons. The molecule has 0 unspecified atom stereocenters. The Morgan fingerprint density at radius 3 is 2.75 bits per heavy atom. The van der Waals surface area contributed by atoms with E-state index < -0.39 is 6.04 Å². The average Bonchev–Trinajstić information content (AvgIpc) is 2.68. The van der Waals surface area contributed by atoms with Gasteiger partial charge < -0.3 is 15.0 Å². The third-order valence-corrected chi connectivity index (χ3v) is 4.87. The lowest BCUT2D eigenvalue weighted by atomic mass is 10.1. The highest BCUT2D eigenvalue weighted by molar-refractivity contribution is 5.76. The molecule has 0 saturated carbocycles. The van der Waals surface area contributed by atoms with Crippen LogP contribution in [0.1, 0.15) is 36.2 Å². The Bertz CT molecular complexity index is 893. The van der Waals surface area contributed by atoms with Gasteiger partial charge >= 0.3 is 0 Å². The number of carbonyl (C=O) groups excluding carboxylic acids is 1. The molecule has 2 N–H and O–H groups in total. The van der Waals surface area contributed by atoms with Crippen LogP contribution in [-0.2, 0) is 16.0 Å². The van der Waals surface area contributed by atoms with Crippen molar-refractivity contribution < 1.29 is 13.9 Å². The second-order valence-corrected chi connectivity index (χ2v) is 6.86. The molecule has 1 aliphatic rings. The fraction of sp³-hybridized carbons (Fsp3) is 0.450. The van der Waals surface area contributed by atoms with Crippen LogP contribution in [0.25, 0.3) is 0 Å². The number of ether oxygens (including phenoxy) is 1. The third-order valence-electron chi connectivity index (χ3n) is 4.87. The van der Waals surface area contributed by atoms with Crippen LogP contribution in [0.2, 0.25) is 0 Å². The highest BCUT2D eigenvalue weighted by Crippen LogP contribution is 2.16. The number of aromatic nitrogens is 2. The van der Waals surface area contributed by atoms with Gasteiger partial charge in [-0.15, -0.1) is 0 Å². The molecular formula is C20H25FN4O3. The van der Waals surface area contributed by atoms with Gasteiger partial charge in [0.15, 0.2) is 0 Å². The van der Waals surface area contributed by atoms with Gasteiger partial charge in [0.1, 0.15) is 5.82 Å². The standard InChI is InChI=1S/C20H25FN4O3/c1-13(15-5-3-4-6-17(15)21)22-18(26)8-7-16-14(2)23-20(24-19(16)27)25-9-11-28-12-10-25/h3-6,13H,7-12H2,1-2H3,(H,22,26)(H,23,24,27)/t13-/m1/s1. The van der Waals surface area contributed by atoms with Crippen LogP contribution in [0, 0.1) is 12.7 Å². The van der Waals surface area contributed by atoms with E-state index in [1.54, 1.807) is 32.0 Å². The molecule has 0 aliphatic carbocycles. The SMILES string of the molecule is Cc1nc(N2CCOCC2)[nH]c(=O)c1CCC(=O)N[C@H](C)c1ccccc1F. The van der Waals surface area contributed by atoms with E-state index in [1.165, 1.54) is 6.07 Å². The van der Waals surface area contributed by atoms with E-state index in [0.29, 0.717) is 49.1 Å². The van der Waals surface area contributed by atoms with Crippen molar-refractivity contribution in [1.29, 1.82) is 0 Å². The van der Waals surface area contributed by atoms with E-state index in [2.05, 4.69) is 15.3 Å². The number of benzene rings is 1. The largest absolute Gasteiger partial charge is 0.378 e. The molecule has 1 fully saturated rings. The molecule has 1 atom stereocenters. The second-order valence-electron chi connectivity index (χ2n) is 6.86. The monoisotopic (exact) mass is 388 g/mol. The van der Waals surface area contributed by atoms with E-state index in [1.807, 2.05) is 4.90 Å². The summed E-state index contributed by atoms with van der Waals surface area (Å²) in [5.41, 5.74) is 1.30. The maximum absolute atomic E-state index is 13.8. The number of carbonyl (C=O) groups is 1. The molecule has 8 heteroatoms. The zero-order chi connectivity index (χ0) is 20.1. The molecule has 3 rings (SSSR count). The minimum Gasteiger partial charge on any atom is -0.378 e. The Balaban J connectivity index is 1.61. The number of amides is 1. The number of halogens is 1. The summed E-state index contributed by atoms with van der Waals surface area (Å²) in [5, 5.41) is 2.78. The van der Waals surface area contributed by atoms with Crippen LogP contribution < -0.4 is 15.8 Å². The number of nitrogens with one attached hydrogen (secondary N) is 2. The van der Waals surface area contributed by atoms with Crippen molar-refractivity contribution in [3.63, 3.8) is 0 Å². The molecule has 2 aromatic rings. The maximum atomic E-state index is 13.8. The van der Waals surface area contributed by atoms with Crippen molar-refractivity contribution in [2.24, 2.45) is 0 Å². The number of hydrogen-bond donors (Lipinski definition) is 2. The summed E-state index contributed by atoms with van der Waals surface area (Å²) in [7, 11) is 0. The predicted octanol–water partition coefficient (Wildman–Crippen LogP) is 1.86. The molecule has 1 aromatic carbocycles. The molecule has 0 radical (unpaired) electrons. The first-order valence-corrected chi connectivity index (χ1v) is 9.42. The summed E-state index contributed by atoms with van der Waals surface area (Å²) < 4.78 is 19.1. The topological polar surface area (TPSA) is 87.3 Å². The highest BCUT2D eigenvalue weighted by Gasteiger charge is 2.18. The van der Waals surface area contributed by atoms with Crippen molar-refractivity contribution in [2.45, 2.75) is 32.7 Å². The Labute approximate surface area is 162 Å². The molecular weight excluding hydrogens is 363 g/mol. The third kappa shape index (κ3) is 4.75. The zero-order valence-corrected chi connectivity index (χ0v) is 16.1. The Morgan fingerprint density at radius 2 is 2.07 bits per heavy atom. The molecule has 0 bridgehead atoms. The number of anilines is 1. The molecule has 1 aromatic heterocycles. The molecule has 1 saturated heterocycles. The summed E-state index contributed by atoms with van der Waals surface area (Å²) in [5.74, 6) is -0.0653. The maximum Gasteiger partial charge on any atom is 0.255 e. The molecule has 0 spiro atoms. The van der Waals surface area contributed by atoms with Crippen LogP contribution in [0.3, 0.4) is 0 Å². The number of aryl methyl sites for hydroxylation is 1. The zero-order valence-electron chi connectivity index (χ0n) is 16.1. The van der Waals surface area contributed by atoms with Gasteiger partial charge in [-0.1, -0.05) is 18.2 Å². The van der Waals surface area contributed by atoms with Gasteiger partial charge in [-0.25, -0.2) is 9.37 Å². The summed E-state index contributed by atoms with van der Waals surface area (Å²) in [6.45, 7) is 6.06. The average molecular weight is 388 g/mol. The minimum atomic E-state index is -0.449. The van der Waals surface area contributed by atoms with Gasteiger partial charge in [-0.2, -0.15) is 0 Å². The normalized spacial score (nSPS) is 15.3. The van der Waals surface area contributed by atoms with E-state index in [-0.39, 0.29) is 30.1 Å². The van der Waals surface area contributed by atoms with Crippen LogP contribution in [-0.4, -0.2) is 42.2 Å². The van der Waals surface area contributed by atoms with Crippen LogP contribution >= 0.6 is 0 Å². The van der Waals surface area contributed by atoms with Gasteiger partial charge in [0.2, 0.25) is 11.9 Å². The van der Waals surface area contributed by atoms with Gasteiger partial charge in [-0.3, -0.25) is 14.6 Å².